The smallest absolute Gasteiger partial charge is 0.253 e. The number of nitrogens with one attached hydrogen (secondary N) is 1. The molecule has 1 aliphatic heterocycles. The van der Waals surface area contributed by atoms with Gasteiger partial charge in [-0.1, -0.05) is 12.1 Å². The number of likely N-dealkylation sites (tertiary alicyclic amines) is 1. The molecule has 0 radical (unpaired) electrons. The molecule has 1 aromatic heterocycles. The molecule has 1 aliphatic rings. The van der Waals surface area contributed by atoms with Crippen LogP contribution in [0.15, 0.2) is 53.6 Å². The Morgan fingerprint density at radius 3 is 2.60 bits per heavy atom. The summed E-state index contributed by atoms with van der Waals surface area (Å²) in [7, 11) is -3.71. The van der Waals surface area contributed by atoms with Crippen LogP contribution in [0.1, 0.15) is 35.3 Å². The number of amides is 1. The first-order valence-corrected chi connectivity index (χ1v) is 9.83. The maximum absolute atomic E-state index is 12.6. The van der Waals surface area contributed by atoms with Crippen molar-refractivity contribution in [1.82, 2.24) is 14.6 Å². The zero-order valence-electron chi connectivity index (χ0n) is 13.9. The first-order chi connectivity index (χ1) is 12.1. The lowest BCUT2D eigenvalue weighted by Gasteiger charge is -2.26. The summed E-state index contributed by atoms with van der Waals surface area (Å²) < 4.78 is 27.5. The summed E-state index contributed by atoms with van der Waals surface area (Å²) in [6.07, 6.45) is 4.74. The molecule has 25 heavy (non-hydrogen) atoms. The van der Waals surface area contributed by atoms with E-state index in [0.29, 0.717) is 11.3 Å². The van der Waals surface area contributed by atoms with Crippen molar-refractivity contribution in [2.45, 2.75) is 30.7 Å². The Morgan fingerprint density at radius 2 is 1.88 bits per heavy atom. The van der Waals surface area contributed by atoms with Crippen molar-refractivity contribution in [3.8, 4) is 0 Å². The summed E-state index contributed by atoms with van der Waals surface area (Å²) in [6.45, 7) is 1.56. The summed E-state index contributed by atoms with van der Waals surface area (Å²) in [4.78, 5) is 18.5. The summed E-state index contributed by atoms with van der Waals surface area (Å²) in [5.74, 6) is -0.110. The second kappa shape index (κ2) is 7.76. The number of pyridine rings is 1. The van der Waals surface area contributed by atoms with Crippen molar-refractivity contribution in [1.29, 1.82) is 0 Å². The normalized spacial score (nSPS) is 15.1. The van der Waals surface area contributed by atoms with Gasteiger partial charge in [0.2, 0.25) is 10.0 Å². The van der Waals surface area contributed by atoms with Crippen molar-refractivity contribution in [3.05, 3.63) is 59.9 Å². The number of carbonyl (C=O) groups excluding carboxylic acids is 1. The predicted molar refractivity (Wildman–Crippen MR) is 94.5 cm³/mol. The van der Waals surface area contributed by atoms with Crippen LogP contribution in [0.3, 0.4) is 0 Å². The molecule has 3 rings (SSSR count). The van der Waals surface area contributed by atoms with Gasteiger partial charge in [-0.25, -0.2) is 13.1 Å². The number of rotatable bonds is 5. The molecule has 6 nitrogen and oxygen atoms in total. The highest BCUT2D eigenvalue weighted by molar-refractivity contribution is 7.89. The number of aromatic nitrogens is 1. The van der Waals surface area contributed by atoms with Crippen LogP contribution in [-0.4, -0.2) is 37.3 Å². The molecule has 2 aromatic rings. The third-order valence-electron chi connectivity index (χ3n) is 4.20. The van der Waals surface area contributed by atoms with Crippen molar-refractivity contribution < 1.29 is 13.2 Å². The van der Waals surface area contributed by atoms with Crippen molar-refractivity contribution in [3.63, 3.8) is 0 Å². The van der Waals surface area contributed by atoms with E-state index in [0.717, 1.165) is 32.4 Å². The SMILES string of the molecule is O=C(c1cccc(S(=O)(=O)NCc2ccccn2)c1)N1CCCCC1. The average molecular weight is 359 g/mol. The predicted octanol–water partition coefficient (Wildman–Crippen LogP) is 2.19. The van der Waals surface area contributed by atoms with Crippen molar-refractivity contribution >= 4 is 15.9 Å². The first-order valence-electron chi connectivity index (χ1n) is 8.35. The van der Waals surface area contributed by atoms with Crippen molar-refractivity contribution in [2.75, 3.05) is 13.1 Å². The topological polar surface area (TPSA) is 79.4 Å². The number of benzene rings is 1. The lowest BCUT2D eigenvalue weighted by atomic mass is 10.1. The van der Waals surface area contributed by atoms with Gasteiger partial charge < -0.3 is 4.90 Å². The van der Waals surface area contributed by atoms with E-state index in [1.807, 2.05) is 0 Å². The number of piperidine rings is 1. The minimum Gasteiger partial charge on any atom is -0.339 e. The highest BCUT2D eigenvalue weighted by Crippen LogP contribution is 2.16. The van der Waals surface area contributed by atoms with Gasteiger partial charge in [0, 0.05) is 24.8 Å². The Bertz CT molecular complexity index is 832. The Kier molecular flexibility index (Phi) is 5.45. The number of hydrogen-bond donors (Lipinski definition) is 1. The van der Waals surface area contributed by atoms with E-state index in [1.54, 1.807) is 41.4 Å². The molecule has 1 fully saturated rings. The molecule has 1 amide bonds. The molecule has 0 unspecified atom stereocenters. The monoisotopic (exact) mass is 359 g/mol. The van der Waals surface area contributed by atoms with Crippen LogP contribution in [0.2, 0.25) is 0 Å². The highest BCUT2D eigenvalue weighted by Gasteiger charge is 2.21. The molecule has 1 saturated heterocycles. The van der Waals surface area contributed by atoms with Gasteiger partial charge in [0.1, 0.15) is 0 Å². The van der Waals surface area contributed by atoms with E-state index in [4.69, 9.17) is 0 Å². The van der Waals surface area contributed by atoms with Gasteiger partial charge in [-0.2, -0.15) is 0 Å². The number of nitrogens with zero attached hydrogens (tertiary/aromatic N) is 2. The molecule has 7 heteroatoms. The van der Waals surface area contributed by atoms with Gasteiger partial charge >= 0.3 is 0 Å². The maximum atomic E-state index is 12.6. The van der Waals surface area contributed by atoms with Crippen LogP contribution in [0.5, 0.6) is 0 Å². The Labute approximate surface area is 147 Å². The molecule has 0 atom stereocenters. The largest absolute Gasteiger partial charge is 0.339 e. The van der Waals surface area contributed by atoms with Gasteiger partial charge in [-0.15, -0.1) is 0 Å². The molecule has 0 saturated carbocycles. The summed E-state index contributed by atoms with van der Waals surface area (Å²) in [5.41, 5.74) is 1.04. The number of hydrogen-bond acceptors (Lipinski definition) is 4. The van der Waals surface area contributed by atoms with Gasteiger partial charge in [0.05, 0.1) is 17.1 Å². The summed E-state index contributed by atoms with van der Waals surface area (Å²) in [6, 6.07) is 11.5. The van der Waals surface area contributed by atoms with Gasteiger partial charge in [0.15, 0.2) is 0 Å². The standard InChI is InChI=1S/C18H21N3O3S/c22-18(21-11-4-1-5-12-21)15-7-6-9-17(13-15)25(23,24)20-14-16-8-2-3-10-19-16/h2-3,6-10,13,20H,1,4-5,11-12,14H2. The molecule has 132 valence electrons. The van der Waals surface area contributed by atoms with E-state index >= 15 is 0 Å². The molecule has 1 N–H and O–H groups in total. The zero-order valence-corrected chi connectivity index (χ0v) is 14.7. The molecule has 0 spiro atoms. The quantitative estimate of drug-likeness (QED) is 0.887. The van der Waals surface area contributed by atoms with E-state index in [-0.39, 0.29) is 17.3 Å². The Hall–Kier alpha value is -2.25. The van der Waals surface area contributed by atoms with E-state index in [2.05, 4.69) is 9.71 Å². The first kappa shape index (κ1) is 17.6. The molecular weight excluding hydrogens is 338 g/mol. The summed E-state index contributed by atoms with van der Waals surface area (Å²) in [5, 5.41) is 0. The fourth-order valence-corrected chi connectivity index (χ4v) is 3.88. The molecule has 1 aromatic carbocycles. The average Bonchev–Trinajstić information content (AvgIpc) is 2.67. The summed E-state index contributed by atoms with van der Waals surface area (Å²) >= 11 is 0. The van der Waals surface area contributed by atoms with E-state index in [1.165, 1.54) is 12.1 Å². The van der Waals surface area contributed by atoms with E-state index < -0.39 is 10.0 Å². The maximum Gasteiger partial charge on any atom is 0.253 e. The third-order valence-corrected chi connectivity index (χ3v) is 5.60. The molecule has 0 bridgehead atoms. The second-order valence-electron chi connectivity index (χ2n) is 6.03. The Balaban J connectivity index is 1.74. The van der Waals surface area contributed by atoms with E-state index in [9.17, 15) is 13.2 Å². The number of sulfonamides is 1. The molecule has 2 heterocycles. The van der Waals surface area contributed by atoms with Gasteiger partial charge in [-0.05, 0) is 49.6 Å². The van der Waals surface area contributed by atoms with Crippen LogP contribution in [0.4, 0.5) is 0 Å². The van der Waals surface area contributed by atoms with Crippen LogP contribution in [-0.2, 0) is 16.6 Å². The van der Waals surface area contributed by atoms with Crippen LogP contribution in [0, 0.1) is 0 Å². The van der Waals surface area contributed by atoms with Crippen molar-refractivity contribution in [2.24, 2.45) is 0 Å². The van der Waals surface area contributed by atoms with Gasteiger partial charge in [-0.3, -0.25) is 9.78 Å². The van der Waals surface area contributed by atoms with Gasteiger partial charge in [0.25, 0.3) is 5.91 Å². The van der Waals surface area contributed by atoms with Crippen LogP contribution >= 0.6 is 0 Å². The van der Waals surface area contributed by atoms with Crippen LogP contribution < -0.4 is 4.72 Å². The second-order valence-corrected chi connectivity index (χ2v) is 7.79. The number of carbonyl (C=O) groups is 1. The zero-order chi connectivity index (χ0) is 17.7. The minimum atomic E-state index is -3.71. The fraction of sp³-hybridized carbons (Fsp3) is 0.333. The lowest BCUT2D eigenvalue weighted by Crippen LogP contribution is -2.35. The fourth-order valence-electron chi connectivity index (χ4n) is 2.83. The highest BCUT2D eigenvalue weighted by atomic mass is 32.2. The third kappa shape index (κ3) is 4.43. The minimum absolute atomic E-state index is 0.0892. The molecule has 0 aliphatic carbocycles. The lowest BCUT2D eigenvalue weighted by molar-refractivity contribution is 0.0724. The molecular formula is C18H21N3O3S. The van der Waals surface area contributed by atoms with Crippen LogP contribution in [0.25, 0.3) is 0 Å². The Morgan fingerprint density at radius 1 is 1.08 bits per heavy atom.